The summed E-state index contributed by atoms with van der Waals surface area (Å²) < 4.78 is 0. The van der Waals surface area contributed by atoms with E-state index in [9.17, 15) is 0 Å². The third-order valence-electron chi connectivity index (χ3n) is 3.21. The Hall–Kier alpha value is -0.0400. The zero-order chi connectivity index (χ0) is 6.43. The van der Waals surface area contributed by atoms with Crippen LogP contribution in [0.4, 0.5) is 0 Å². The van der Waals surface area contributed by atoms with Gasteiger partial charge in [0.05, 0.1) is 0 Å². The minimum atomic E-state index is 0.469. The van der Waals surface area contributed by atoms with Crippen molar-refractivity contribution in [1.29, 1.82) is 0 Å². The van der Waals surface area contributed by atoms with E-state index < -0.39 is 0 Å². The van der Waals surface area contributed by atoms with Crippen LogP contribution in [0.25, 0.3) is 0 Å². The summed E-state index contributed by atoms with van der Waals surface area (Å²) in [4.78, 5) is 0. The predicted molar refractivity (Wildman–Crippen MR) is 38.0 cm³/mol. The molecule has 3 rings (SSSR count). The smallest absolute Gasteiger partial charge is 0.00440 e. The van der Waals surface area contributed by atoms with Crippen LogP contribution in [0, 0.1) is 17.8 Å². The van der Waals surface area contributed by atoms with Crippen LogP contribution in [0.5, 0.6) is 0 Å². The Morgan fingerprint density at radius 3 is 2.11 bits per heavy atom. The normalized spacial score (nSPS) is 50.7. The van der Waals surface area contributed by atoms with Crippen LogP contribution >= 0.6 is 0 Å². The van der Waals surface area contributed by atoms with E-state index in [1.807, 2.05) is 0 Å². The molecule has 0 aromatic heterocycles. The maximum Gasteiger partial charge on any atom is 0.00440 e. The van der Waals surface area contributed by atoms with Crippen molar-refractivity contribution in [3.8, 4) is 0 Å². The average Bonchev–Trinajstić information content (AvgIpc) is 2.13. The molecule has 3 saturated carbocycles. The van der Waals surface area contributed by atoms with Gasteiger partial charge in [0.2, 0.25) is 0 Å². The van der Waals surface area contributed by atoms with Crippen molar-refractivity contribution in [1.82, 2.24) is 0 Å². The molecule has 3 atom stereocenters. The van der Waals surface area contributed by atoms with Crippen LogP contribution in [0.15, 0.2) is 0 Å². The lowest BCUT2D eigenvalue weighted by Gasteiger charge is -2.38. The lowest BCUT2D eigenvalue weighted by Crippen LogP contribution is -2.41. The molecule has 1 nitrogen and oxygen atoms in total. The fraction of sp³-hybridized carbons (Fsp3) is 1.00. The third-order valence-corrected chi connectivity index (χ3v) is 3.21. The summed E-state index contributed by atoms with van der Waals surface area (Å²) in [6.07, 6.45) is 4.43. The van der Waals surface area contributed by atoms with Gasteiger partial charge in [-0.05, 0) is 43.9 Å². The second-order valence-corrected chi connectivity index (χ2v) is 3.77. The van der Waals surface area contributed by atoms with E-state index >= 15 is 0 Å². The van der Waals surface area contributed by atoms with Crippen molar-refractivity contribution in [2.75, 3.05) is 0 Å². The monoisotopic (exact) mass is 125 g/mol. The van der Waals surface area contributed by atoms with Gasteiger partial charge in [0.25, 0.3) is 0 Å². The number of rotatable bonds is 1. The van der Waals surface area contributed by atoms with Gasteiger partial charge in [-0.15, -0.1) is 0 Å². The Morgan fingerprint density at radius 2 is 1.89 bits per heavy atom. The zero-order valence-corrected chi connectivity index (χ0v) is 6.01. The molecule has 52 valence electrons. The molecule has 0 heterocycles. The van der Waals surface area contributed by atoms with Crippen molar-refractivity contribution >= 4 is 0 Å². The van der Waals surface area contributed by atoms with Crippen molar-refractivity contribution in [3.63, 3.8) is 0 Å². The first-order valence-corrected chi connectivity index (χ1v) is 4.04. The molecule has 0 aromatic carbocycles. The lowest BCUT2D eigenvalue weighted by molar-refractivity contribution is 0.131. The molecule has 3 aliphatic rings. The molecule has 0 spiro atoms. The molecule has 3 unspecified atom stereocenters. The van der Waals surface area contributed by atoms with Crippen LogP contribution in [0.1, 0.15) is 26.2 Å². The van der Waals surface area contributed by atoms with Gasteiger partial charge < -0.3 is 5.73 Å². The summed E-state index contributed by atoms with van der Waals surface area (Å²) >= 11 is 0. The van der Waals surface area contributed by atoms with Gasteiger partial charge in [-0.2, -0.15) is 0 Å². The van der Waals surface area contributed by atoms with Crippen molar-refractivity contribution in [2.45, 2.75) is 32.2 Å². The summed E-state index contributed by atoms with van der Waals surface area (Å²) in [5.74, 6) is 2.95. The first-order chi connectivity index (χ1) is 4.29. The summed E-state index contributed by atoms with van der Waals surface area (Å²) in [6, 6.07) is 0.469. The highest BCUT2D eigenvalue weighted by atomic mass is 14.7. The van der Waals surface area contributed by atoms with Crippen LogP contribution in [0.2, 0.25) is 0 Å². The van der Waals surface area contributed by atoms with Gasteiger partial charge in [0.1, 0.15) is 0 Å². The first kappa shape index (κ1) is 5.72. The summed E-state index contributed by atoms with van der Waals surface area (Å²) in [5.41, 5.74) is 5.82. The second-order valence-electron chi connectivity index (χ2n) is 3.77. The largest absolute Gasteiger partial charge is 0.328 e. The van der Waals surface area contributed by atoms with Crippen molar-refractivity contribution in [2.24, 2.45) is 23.5 Å². The third kappa shape index (κ3) is 0.644. The van der Waals surface area contributed by atoms with Crippen LogP contribution < -0.4 is 5.73 Å². The van der Waals surface area contributed by atoms with E-state index in [0.29, 0.717) is 6.04 Å². The predicted octanol–water partition coefficient (Wildman–Crippen LogP) is 1.38. The fourth-order valence-corrected chi connectivity index (χ4v) is 2.80. The van der Waals surface area contributed by atoms with Gasteiger partial charge in [-0.25, -0.2) is 0 Å². The van der Waals surface area contributed by atoms with E-state index in [2.05, 4.69) is 6.92 Å². The van der Waals surface area contributed by atoms with Gasteiger partial charge >= 0.3 is 0 Å². The molecule has 9 heavy (non-hydrogen) atoms. The first-order valence-electron chi connectivity index (χ1n) is 4.04. The number of nitrogens with two attached hydrogens (primary N) is 1. The highest BCUT2D eigenvalue weighted by Gasteiger charge is 2.47. The van der Waals surface area contributed by atoms with Crippen molar-refractivity contribution in [3.05, 3.63) is 0 Å². The highest BCUT2D eigenvalue weighted by Crippen LogP contribution is 2.54. The molecule has 2 bridgehead atoms. The highest BCUT2D eigenvalue weighted by molar-refractivity contribution is 4.99. The van der Waals surface area contributed by atoms with Gasteiger partial charge in [-0.1, -0.05) is 0 Å². The maximum absolute atomic E-state index is 5.82. The van der Waals surface area contributed by atoms with E-state index in [4.69, 9.17) is 5.73 Å². The number of hydrogen-bond donors (Lipinski definition) is 1. The number of fused-ring (bicyclic) bond motifs is 1. The number of hydrogen-bond acceptors (Lipinski definition) is 1. The minimum Gasteiger partial charge on any atom is -0.328 e. The molecule has 2 N–H and O–H groups in total. The van der Waals surface area contributed by atoms with Crippen molar-refractivity contribution < 1.29 is 0 Å². The lowest BCUT2D eigenvalue weighted by atomic mass is 9.69. The molecular formula is C8H15N. The second kappa shape index (κ2) is 1.72. The van der Waals surface area contributed by atoms with E-state index in [-0.39, 0.29) is 0 Å². The van der Waals surface area contributed by atoms with Gasteiger partial charge in [0.15, 0.2) is 0 Å². The molecule has 0 amide bonds. The molecule has 1 heteroatoms. The fourth-order valence-electron chi connectivity index (χ4n) is 2.80. The Balaban J connectivity index is 2.02. The van der Waals surface area contributed by atoms with Crippen LogP contribution in [-0.2, 0) is 0 Å². The van der Waals surface area contributed by atoms with Gasteiger partial charge in [0, 0.05) is 6.04 Å². The molecule has 3 aliphatic carbocycles. The maximum atomic E-state index is 5.82. The van der Waals surface area contributed by atoms with E-state index in [1.165, 1.54) is 19.3 Å². The Labute approximate surface area is 56.6 Å². The van der Waals surface area contributed by atoms with E-state index in [1.54, 1.807) is 0 Å². The molecule has 0 aromatic rings. The quantitative estimate of drug-likeness (QED) is 0.563. The molecule has 0 aliphatic heterocycles. The van der Waals surface area contributed by atoms with Gasteiger partial charge in [-0.3, -0.25) is 0 Å². The molecular weight excluding hydrogens is 110 g/mol. The van der Waals surface area contributed by atoms with Crippen LogP contribution in [0.3, 0.4) is 0 Å². The Bertz CT molecular complexity index is 106. The molecule has 0 saturated heterocycles. The summed E-state index contributed by atoms with van der Waals surface area (Å²) in [5, 5.41) is 0. The minimum absolute atomic E-state index is 0.469. The topological polar surface area (TPSA) is 26.0 Å². The Morgan fingerprint density at radius 1 is 1.33 bits per heavy atom. The van der Waals surface area contributed by atoms with E-state index in [0.717, 1.165) is 17.8 Å². The Kier molecular flexibility index (Phi) is 1.10. The summed E-state index contributed by atoms with van der Waals surface area (Å²) in [7, 11) is 0. The molecule has 0 radical (unpaired) electrons. The standard InChI is InChI=1S/C8H15N/c1-5(9)8-6-2-3-7(8)4-6/h5-8H,2-4,9H2,1H3. The van der Waals surface area contributed by atoms with Crippen LogP contribution in [-0.4, -0.2) is 6.04 Å². The SMILES string of the molecule is CC(N)C1C2CCC1C2. The average molecular weight is 125 g/mol. The summed E-state index contributed by atoms with van der Waals surface area (Å²) in [6.45, 7) is 2.16. The zero-order valence-electron chi connectivity index (χ0n) is 6.01. The molecule has 3 fully saturated rings.